The smallest absolute Gasteiger partial charge is 0.410 e. The van der Waals surface area contributed by atoms with Crippen LogP contribution < -0.4 is 5.73 Å². The fourth-order valence-electron chi connectivity index (χ4n) is 6.13. The van der Waals surface area contributed by atoms with Crippen LogP contribution in [-0.4, -0.2) is 150 Å². The number of rotatable bonds is 20. The van der Waals surface area contributed by atoms with Crippen molar-refractivity contribution in [2.45, 2.75) is 91.3 Å². The number of ether oxygens (including phenoxy) is 4. The van der Waals surface area contributed by atoms with Gasteiger partial charge in [0.2, 0.25) is 0 Å². The summed E-state index contributed by atoms with van der Waals surface area (Å²) in [5, 5.41) is 35.1. The lowest BCUT2D eigenvalue weighted by Gasteiger charge is -2.32. The lowest BCUT2D eigenvalue weighted by molar-refractivity contribution is -0.000759. The van der Waals surface area contributed by atoms with E-state index in [-0.39, 0.29) is 32.0 Å². The van der Waals surface area contributed by atoms with Crippen molar-refractivity contribution in [2.75, 3.05) is 97.9 Å². The lowest BCUT2D eigenvalue weighted by Crippen LogP contribution is -2.43. The van der Waals surface area contributed by atoms with Crippen LogP contribution >= 0.6 is 0 Å². The van der Waals surface area contributed by atoms with Crippen molar-refractivity contribution in [3.63, 3.8) is 0 Å². The molecule has 0 bridgehead atoms. The number of para-hydroxylation sites is 3. The molecule has 0 aliphatic carbocycles. The van der Waals surface area contributed by atoms with Gasteiger partial charge in [-0.15, -0.1) is 0 Å². The number of aromatic nitrogens is 2. The van der Waals surface area contributed by atoms with E-state index < -0.39 is 5.60 Å². The van der Waals surface area contributed by atoms with Gasteiger partial charge in [-0.05, 0) is 68.2 Å². The number of aliphatic hydroxyl groups is 4. The first kappa shape index (κ1) is 54.0. The molecule has 1 aromatic heterocycles. The first-order valence-electron chi connectivity index (χ1n) is 22.1. The zero-order valence-corrected chi connectivity index (χ0v) is 38.4. The van der Waals surface area contributed by atoms with Gasteiger partial charge in [0, 0.05) is 44.0 Å². The molecule has 0 unspecified atom stereocenters. The van der Waals surface area contributed by atoms with E-state index in [1.54, 1.807) is 4.90 Å². The average Bonchev–Trinajstić information content (AvgIpc) is 3.71. The summed E-state index contributed by atoms with van der Waals surface area (Å²) in [7, 11) is 0. The van der Waals surface area contributed by atoms with Crippen LogP contribution in [0.1, 0.15) is 90.7 Å². The summed E-state index contributed by atoms with van der Waals surface area (Å²) >= 11 is 0. The number of amides is 1. The van der Waals surface area contributed by atoms with E-state index >= 15 is 0 Å². The molecular formula is C48H77N5O9. The minimum Gasteiger partial charge on any atom is -0.443 e. The predicted octanol–water partition coefficient (Wildman–Crippen LogP) is 6.83. The van der Waals surface area contributed by atoms with E-state index in [0.717, 1.165) is 54.2 Å². The number of aliphatic hydroxyl groups excluding tert-OH is 4. The molecule has 5 rings (SSSR count). The number of nitrogens with two attached hydrogens (primary N) is 1. The van der Waals surface area contributed by atoms with Gasteiger partial charge in [-0.2, -0.15) is 0 Å². The number of nitrogens with zero attached hydrogens (tertiary/aromatic N) is 3. The second-order valence-corrected chi connectivity index (χ2v) is 16.2. The molecule has 1 fully saturated rings. The zero-order valence-electron chi connectivity index (χ0n) is 38.4. The number of piperidine rings is 1. The Hall–Kier alpha value is -4.12. The van der Waals surface area contributed by atoms with Gasteiger partial charge >= 0.3 is 6.09 Å². The Balaban J connectivity index is 0.000000287. The third kappa shape index (κ3) is 21.3. The fourth-order valence-corrected chi connectivity index (χ4v) is 6.13. The highest BCUT2D eigenvalue weighted by molar-refractivity contribution is 5.79. The second-order valence-electron chi connectivity index (χ2n) is 16.2. The minimum atomic E-state index is -0.396. The monoisotopic (exact) mass is 868 g/mol. The fraction of sp³-hybridized carbons (Fsp3) is 0.583. The quantitative estimate of drug-likeness (QED) is 0.0401. The van der Waals surface area contributed by atoms with Gasteiger partial charge in [-0.25, -0.2) is 9.78 Å². The zero-order chi connectivity index (χ0) is 45.8. The number of hydrogen-bond donors (Lipinski definition) is 6. The van der Waals surface area contributed by atoms with E-state index in [9.17, 15) is 9.90 Å². The molecule has 62 heavy (non-hydrogen) atoms. The molecule has 1 amide bonds. The molecule has 14 heteroatoms. The maximum absolute atomic E-state index is 11.7. The summed E-state index contributed by atoms with van der Waals surface area (Å²) < 4.78 is 21.0. The summed E-state index contributed by atoms with van der Waals surface area (Å²) in [5.74, 6) is 1.95. The molecule has 0 spiro atoms. The number of nitrogen functional groups attached to an aromatic ring is 1. The van der Waals surface area contributed by atoms with E-state index in [1.807, 2.05) is 63.2 Å². The van der Waals surface area contributed by atoms with Crippen LogP contribution in [0.25, 0.3) is 22.4 Å². The topological polar surface area (TPSA) is 196 Å². The lowest BCUT2D eigenvalue weighted by atomic mass is 9.93. The predicted molar refractivity (Wildman–Crippen MR) is 248 cm³/mol. The largest absolute Gasteiger partial charge is 0.443 e. The summed E-state index contributed by atoms with van der Waals surface area (Å²) in [5.41, 5.74) is 12.4. The number of carbonyl (C=O) groups excluding carboxylic acids is 1. The van der Waals surface area contributed by atoms with Gasteiger partial charge < -0.3 is 55.0 Å². The molecule has 0 atom stereocenters. The van der Waals surface area contributed by atoms with Crippen molar-refractivity contribution < 1.29 is 44.2 Å². The Bertz CT molecular complexity index is 1660. The average molecular weight is 868 g/mol. The number of likely N-dealkylation sites (tertiary alicyclic amines) is 1. The molecule has 1 aliphatic heterocycles. The number of imidazole rings is 1. The van der Waals surface area contributed by atoms with E-state index in [1.165, 1.54) is 11.1 Å². The number of H-pyrrole nitrogens is 1. The molecule has 1 saturated heterocycles. The Morgan fingerprint density at radius 3 is 1.71 bits per heavy atom. The van der Waals surface area contributed by atoms with Crippen molar-refractivity contribution >= 4 is 22.8 Å². The molecule has 2 heterocycles. The number of nitrogens with one attached hydrogen (secondary N) is 1. The highest BCUT2D eigenvalue weighted by atomic mass is 16.6. The van der Waals surface area contributed by atoms with Crippen LogP contribution in [-0.2, 0) is 18.9 Å². The first-order chi connectivity index (χ1) is 29.8. The maximum Gasteiger partial charge on any atom is 0.410 e. The third-order valence-corrected chi connectivity index (χ3v) is 10.2. The summed E-state index contributed by atoms with van der Waals surface area (Å²) in [6.45, 7) is 20.6. The molecular weight excluding hydrogens is 791 g/mol. The minimum absolute atomic E-state index is 0.0270. The van der Waals surface area contributed by atoms with Gasteiger partial charge in [-0.1, -0.05) is 95.3 Å². The highest BCUT2D eigenvalue weighted by Gasteiger charge is 2.27. The van der Waals surface area contributed by atoms with Gasteiger partial charge in [0.25, 0.3) is 0 Å². The SMILES string of the molecule is CC(C)c1cccc(C(C)C)c1N.CCC(C)(C)OC(=O)N1CCC(O)CC1.OCCOCCN(CCOCCO)CCOCCO.c1ccc(-c2nc3ccccc3[nH]2)cc1. The third-order valence-electron chi connectivity index (χ3n) is 10.2. The van der Waals surface area contributed by atoms with Gasteiger partial charge in [0.15, 0.2) is 0 Å². The van der Waals surface area contributed by atoms with Crippen LogP contribution in [0.5, 0.6) is 0 Å². The number of aromatic amines is 1. The van der Waals surface area contributed by atoms with Crippen molar-refractivity contribution in [2.24, 2.45) is 0 Å². The number of carbonyl (C=O) groups is 1. The Kier molecular flexibility index (Phi) is 26.9. The molecule has 0 radical (unpaired) electrons. The Morgan fingerprint density at radius 2 is 1.26 bits per heavy atom. The first-order valence-corrected chi connectivity index (χ1v) is 22.1. The number of benzene rings is 3. The Morgan fingerprint density at radius 1 is 0.774 bits per heavy atom. The molecule has 14 nitrogen and oxygen atoms in total. The molecule has 3 aromatic carbocycles. The van der Waals surface area contributed by atoms with Crippen LogP contribution in [0.3, 0.4) is 0 Å². The highest BCUT2D eigenvalue weighted by Crippen LogP contribution is 2.29. The maximum atomic E-state index is 11.7. The van der Waals surface area contributed by atoms with E-state index in [0.29, 0.717) is 77.4 Å². The molecule has 1 aliphatic rings. The van der Waals surface area contributed by atoms with E-state index in [4.69, 9.17) is 40.0 Å². The van der Waals surface area contributed by atoms with Gasteiger partial charge in [0.1, 0.15) is 11.4 Å². The molecule has 4 aromatic rings. The number of anilines is 1. The van der Waals surface area contributed by atoms with Crippen LogP contribution in [0.2, 0.25) is 0 Å². The molecule has 0 saturated carbocycles. The van der Waals surface area contributed by atoms with Gasteiger partial charge in [0.05, 0.1) is 76.6 Å². The number of hydrogen-bond acceptors (Lipinski definition) is 12. The number of fused-ring (bicyclic) bond motifs is 1. The summed E-state index contributed by atoms with van der Waals surface area (Å²) in [6, 6.07) is 24.5. The van der Waals surface area contributed by atoms with Crippen LogP contribution in [0.4, 0.5) is 10.5 Å². The summed E-state index contributed by atoms with van der Waals surface area (Å²) in [4.78, 5) is 23.3. The molecule has 7 N–H and O–H groups in total. The van der Waals surface area contributed by atoms with Crippen molar-refractivity contribution in [3.05, 3.63) is 83.9 Å². The second kappa shape index (κ2) is 30.8. The molecule has 348 valence electrons. The van der Waals surface area contributed by atoms with Crippen molar-refractivity contribution in [3.8, 4) is 11.4 Å². The van der Waals surface area contributed by atoms with Crippen molar-refractivity contribution in [1.29, 1.82) is 0 Å². The van der Waals surface area contributed by atoms with Gasteiger partial charge in [-0.3, -0.25) is 4.90 Å². The summed E-state index contributed by atoms with van der Waals surface area (Å²) in [6.07, 6.45) is 1.60. The Labute approximate surface area is 370 Å². The van der Waals surface area contributed by atoms with E-state index in [2.05, 4.69) is 72.9 Å². The normalized spacial score (nSPS) is 13.0. The van der Waals surface area contributed by atoms with Crippen LogP contribution in [0, 0.1) is 0 Å². The van der Waals surface area contributed by atoms with Crippen LogP contribution in [0.15, 0.2) is 72.8 Å². The standard InChI is InChI=1S/C13H10N2.C12H27NO6.C12H19N.C11H21NO3/c1-2-6-10(7-3-1)13-14-11-8-4-5-9-12(11)15-13;14-4-10-17-7-1-13(2-8-18-11-5-15)3-9-19-12-6-16;1-8(2)10-6-5-7-11(9(3)4)12(10)13;1-4-11(2,3)15-10(14)12-7-5-9(13)6-8-12/h1-9H,(H,14,15);14-16H,1-12H2;5-9H,13H2,1-4H3;9,13H,4-8H2,1-3H3. The van der Waals surface area contributed by atoms with Crippen molar-refractivity contribution in [1.82, 2.24) is 19.8 Å².